The van der Waals surface area contributed by atoms with Gasteiger partial charge in [-0.25, -0.2) is 9.97 Å². The van der Waals surface area contributed by atoms with E-state index in [1.54, 1.807) is 22.7 Å². The summed E-state index contributed by atoms with van der Waals surface area (Å²) >= 11 is 2.53. The molecule has 0 spiro atoms. The summed E-state index contributed by atoms with van der Waals surface area (Å²) in [5.74, 6) is -1.53. The van der Waals surface area contributed by atoms with Crippen molar-refractivity contribution in [3.8, 4) is 0 Å². The van der Waals surface area contributed by atoms with Crippen LogP contribution in [0, 0.1) is 17.8 Å². The van der Waals surface area contributed by atoms with Crippen LogP contribution >= 0.6 is 22.7 Å². The maximum atomic E-state index is 14.3. The number of carbonyl (C=O) groups excluding carboxylic acids is 5. The fraction of sp³-hybridized carbons (Fsp3) is 0.575. The molecule has 1 aliphatic rings. The van der Waals surface area contributed by atoms with Crippen LogP contribution in [0.3, 0.4) is 0 Å². The quantitative estimate of drug-likeness (QED) is 0.106. The second-order valence-corrected chi connectivity index (χ2v) is 16.4. The summed E-state index contributed by atoms with van der Waals surface area (Å²) < 4.78 is 5.82. The number of benzene rings is 1. The summed E-state index contributed by atoms with van der Waals surface area (Å²) in [5, 5.41) is 7.43. The topological polar surface area (TPSA) is 139 Å². The number of rotatable bonds is 18. The number of piperidine rings is 1. The van der Waals surface area contributed by atoms with Gasteiger partial charge < -0.3 is 15.0 Å². The standard InChI is InChI=1S/C40H55N5O6S2/c1-9-25(4)29(20-35(48)33-17-13-14-18-44(33)7)40(50)45(8)34(24(2)3)21-36(51-27(6)47)39-43-32(23-53-39)37(49)41-30(19-28-15-11-10-12-16-28)38-42-31(22-52-38)26(5)46/h10-12,15-16,22-25,29-30,33-34,36H,9,13-14,17-21H2,1-8H3,(H,41,49)/t25-,29-,30?,33+,34+,36+/m0/s1. The van der Waals surface area contributed by atoms with E-state index in [1.165, 1.54) is 36.5 Å². The van der Waals surface area contributed by atoms with E-state index in [1.807, 2.05) is 65.1 Å². The van der Waals surface area contributed by atoms with Gasteiger partial charge in [0.1, 0.15) is 21.4 Å². The van der Waals surface area contributed by atoms with Crippen LogP contribution < -0.4 is 5.32 Å². The van der Waals surface area contributed by atoms with E-state index in [0.717, 1.165) is 37.8 Å². The lowest BCUT2D eigenvalue weighted by Gasteiger charge is -2.37. The number of ether oxygens (including phenoxy) is 1. The van der Waals surface area contributed by atoms with E-state index in [2.05, 4.69) is 20.2 Å². The maximum Gasteiger partial charge on any atom is 0.303 e. The Morgan fingerprint density at radius 1 is 0.981 bits per heavy atom. The summed E-state index contributed by atoms with van der Waals surface area (Å²) in [6, 6.07) is 8.69. The number of likely N-dealkylation sites (N-methyl/N-ethyl adjacent to an activating group) is 1. The molecule has 1 aliphatic heterocycles. The smallest absolute Gasteiger partial charge is 0.303 e. The minimum absolute atomic E-state index is 0.00375. The molecule has 13 heteroatoms. The Kier molecular flexibility index (Phi) is 15.4. The van der Waals surface area contributed by atoms with Crippen molar-refractivity contribution in [2.24, 2.45) is 17.8 Å². The monoisotopic (exact) mass is 765 g/mol. The Morgan fingerprint density at radius 3 is 2.25 bits per heavy atom. The molecule has 1 fully saturated rings. The van der Waals surface area contributed by atoms with Crippen LogP contribution in [0.2, 0.25) is 0 Å². The number of hydrogen-bond donors (Lipinski definition) is 1. The van der Waals surface area contributed by atoms with Gasteiger partial charge in [0.15, 0.2) is 17.7 Å². The molecule has 1 N–H and O–H groups in total. The van der Waals surface area contributed by atoms with Crippen LogP contribution in [-0.4, -0.2) is 81.8 Å². The largest absolute Gasteiger partial charge is 0.455 e. The number of hydrogen-bond acceptors (Lipinski definition) is 11. The van der Waals surface area contributed by atoms with Gasteiger partial charge in [0, 0.05) is 56.5 Å². The van der Waals surface area contributed by atoms with E-state index in [-0.39, 0.29) is 59.9 Å². The van der Waals surface area contributed by atoms with Crippen molar-refractivity contribution in [3.05, 3.63) is 68.1 Å². The van der Waals surface area contributed by atoms with Crippen molar-refractivity contribution < 1.29 is 28.7 Å². The molecule has 288 valence electrons. The molecule has 0 aliphatic carbocycles. The lowest BCUT2D eigenvalue weighted by atomic mass is 9.83. The first kappa shape index (κ1) is 41.9. The number of carbonyl (C=O) groups is 5. The molecule has 11 nitrogen and oxygen atoms in total. The van der Waals surface area contributed by atoms with Gasteiger partial charge in [-0.15, -0.1) is 22.7 Å². The SMILES string of the molecule is CC[C@H](C)[C@H](CC(=O)[C@H]1CCCCN1C)C(=O)N(C)[C@H](C[C@@H](OC(C)=O)c1nc(C(=O)NC(Cc2ccccc2)c2nc(C(C)=O)cs2)cs1)C(C)C. The van der Waals surface area contributed by atoms with Crippen LogP contribution in [-0.2, 0) is 25.5 Å². The molecular weight excluding hydrogens is 711 g/mol. The first-order valence-corrected chi connectivity index (χ1v) is 20.4. The van der Waals surface area contributed by atoms with Gasteiger partial charge >= 0.3 is 5.97 Å². The summed E-state index contributed by atoms with van der Waals surface area (Å²) in [6.45, 7) is 11.8. The van der Waals surface area contributed by atoms with Crippen molar-refractivity contribution in [3.63, 3.8) is 0 Å². The van der Waals surface area contributed by atoms with E-state index in [0.29, 0.717) is 22.1 Å². The number of thiazole rings is 2. The van der Waals surface area contributed by atoms with Gasteiger partial charge in [-0.2, -0.15) is 0 Å². The molecule has 1 aromatic carbocycles. The lowest BCUT2D eigenvalue weighted by molar-refractivity contribution is -0.149. The first-order chi connectivity index (χ1) is 25.2. The Labute approximate surface area is 321 Å². The van der Waals surface area contributed by atoms with E-state index in [4.69, 9.17) is 4.74 Å². The average Bonchev–Trinajstić information content (AvgIpc) is 3.83. The number of ketones is 2. The number of nitrogens with one attached hydrogen (secondary N) is 1. The van der Waals surface area contributed by atoms with Gasteiger partial charge in [0.05, 0.1) is 12.1 Å². The van der Waals surface area contributed by atoms with Gasteiger partial charge in [0.25, 0.3) is 5.91 Å². The van der Waals surface area contributed by atoms with Crippen molar-refractivity contribution in [1.29, 1.82) is 0 Å². The average molecular weight is 766 g/mol. The maximum absolute atomic E-state index is 14.3. The molecule has 1 saturated heterocycles. The first-order valence-electron chi connectivity index (χ1n) is 18.6. The minimum atomic E-state index is -0.807. The third-order valence-corrected chi connectivity index (χ3v) is 12.3. The summed E-state index contributed by atoms with van der Waals surface area (Å²) in [7, 11) is 3.76. The molecular formula is C40H55N5O6S2. The van der Waals surface area contributed by atoms with Crippen molar-refractivity contribution in [1.82, 2.24) is 25.1 Å². The summed E-state index contributed by atoms with van der Waals surface area (Å²) in [5.41, 5.74) is 1.50. The van der Waals surface area contributed by atoms with Crippen molar-refractivity contribution in [2.45, 2.75) is 111 Å². The number of aromatic nitrogens is 2. The normalized spacial score (nSPS) is 17.7. The van der Waals surface area contributed by atoms with Crippen LogP contribution in [0.15, 0.2) is 41.1 Å². The Morgan fingerprint density at radius 2 is 1.64 bits per heavy atom. The Hall–Kier alpha value is -3.81. The number of esters is 1. The molecule has 2 aromatic heterocycles. The predicted octanol–water partition coefficient (Wildman–Crippen LogP) is 7.10. The molecule has 3 heterocycles. The fourth-order valence-electron chi connectivity index (χ4n) is 7.00. The minimum Gasteiger partial charge on any atom is -0.455 e. The zero-order valence-corrected chi connectivity index (χ0v) is 33.9. The molecule has 4 rings (SSSR count). The molecule has 6 atom stereocenters. The number of likely N-dealkylation sites (tertiary alicyclic amines) is 1. The number of amides is 2. The number of nitrogens with zero attached hydrogens (tertiary/aromatic N) is 4. The highest BCUT2D eigenvalue weighted by Crippen LogP contribution is 2.33. The fourth-order valence-corrected chi connectivity index (χ4v) is 8.75. The third kappa shape index (κ3) is 11.3. The van der Waals surface area contributed by atoms with Crippen LogP contribution in [0.4, 0.5) is 0 Å². The molecule has 3 aromatic rings. The van der Waals surface area contributed by atoms with E-state index in [9.17, 15) is 24.0 Å². The van der Waals surface area contributed by atoms with Gasteiger partial charge in [-0.05, 0) is 50.3 Å². The molecule has 0 radical (unpaired) electrons. The molecule has 0 saturated carbocycles. The Bertz CT molecular complexity index is 1710. The van der Waals surface area contributed by atoms with Crippen LogP contribution in [0.25, 0.3) is 0 Å². The second-order valence-electron chi connectivity index (χ2n) is 14.7. The Balaban J connectivity index is 1.54. The van der Waals surface area contributed by atoms with Gasteiger partial charge in [-0.3, -0.25) is 28.9 Å². The summed E-state index contributed by atoms with van der Waals surface area (Å²) in [4.78, 5) is 78.9. The lowest BCUT2D eigenvalue weighted by Crippen LogP contribution is -2.48. The zero-order valence-electron chi connectivity index (χ0n) is 32.3. The van der Waals surface area contributed by atoms with Gasteiger partial charge in [-0.1, -0.05) is 70.9 Å². The number of Topliss-reactive ketones (excluding diaryl/α,β-unsaturated/α-hetero) is 2. The van der Waals surface area contributed by atoms with Crippen LogP contribution in [0.5, 0.6) is 0 Å². The van der Waals surface area contributed by atoms with Crippen LogP contribution in [0.1, 0.15) is 129 Å². The highest BCUT2D eigenvalue weighted by atomic mass is 32.1. The van der Waals surface area contributed by atoms with E-state index >= 15 is 0 Å². The highest BCUT2D eigenvalue weighted by Gasteiger charge is 2.37. The van der Waals surface area contributed by atoms with E-state index < -0.39 is 29.9 Å². The third-order valence-electron chi connectivity index (χ3n) is 10.4. The van der Waals surface area contributed by atoms with Crippen molar-refractivity contribution in [2.75, 3.05) is 20.6 Å². The van der Waals surface area contributed by atoms with Crippen molar-refractivity contribution >= 4 is 52.0 Å². The highest BCUT2D eigenvalue weighted by molar-refractivity contribution is 7.10. The zero-order chi connectivity index (χ0) is 38.8. The molecule has 53 heavy (non-hydrogen) atoms. The summed E-state index contributed by atoms with van der Waals surface area (Å²) in [6.07, 6.45) is 3.78. The molecule has 1 unspecified atom stereocenters. The second kappa shape index (κ2) is 19.5. The predicted molar refractivity (Wildman–Crippen MR) is 208 cm³/mol. The van der Waals surface area contributed by atoms with Gasteiger partial charge in [0.2, 0.25) is 5.91 Å². The molecule has 0 bridgehead atoms. The molecule has 2 amide bonds.